The Kier molecular flexibility index (Phi) is 4.02. The molecule has 0 fully saturated rings. The van der Waals surface area contributed by atoms with E-state index >= 15 is 0 Å². The molecule has 18 heavy (non-hydrogen) atoms. The first-order valence-corrected chi connectivity index (χ1v) is 7.30. The first-order valence-electron chi connectivity index (χ1n) is 3.90. The standard InChI is InChI=1S/C6H3IN2O8S/c10-7-6-4(9(13)14)1-3(8(11)12)2-5(6)18(15,16)17/h1-2H,(H,15,16,17). The fourth-order valence-corrected chi connectivity index (χ4v) is 3.67. The molecule has 98 valence electrons. The number of nitro groups is 2. The van der Waals surface area contributed by atoms with Crippen molar-refractivity contribution in [3.05, 3.63) is 35.9 Å². The largest absolute Gasteiger partial charge is 0.296 e. The van der Waals surface area contributed by atoms with Gasteiger partial charge in [0.05, 0.1) is 15.9 Å². The Balaban J connectivity index is 3.84. The molecule has 1 N–H and O–H groups in total. The van der Waals surface area contributed by atoms with Crippen LogP contribution >= 0.6 is 21.2 Å². The molecule has 1 aromatic carbocycles. The zero-order valence-electron chi connectivity index (χ0n) is 8.14. The number of hydrogen-bond donors (Lipinski definition) is 1. The molecule has 0 unspecified atom stereocenters. The highest BCUT2D eigenvalue weighted by molar-refractivity contribution is 14.1. The molecule has 0 bridgehead atoms. The van der Waals surface area contributed by atoms with Crippen LogP contribution in [0.3, 0.4) is 0 Å². The number of nitro benzene ring substituents is 2. The van der Waals surface area contributed by atoms with Crippen LogP contribution in [0.1, 0.15) is 0 Å². The van der Waals surface area contributed by atoms with Crippen molar-refractivity contribution in [2.24, 2.45) is 0 Å². The van der Waals surface area contributed by atoms with Gasteiger partial charge >= 0.3 is 0 Å². The summed E-state index contributed by atoms with van der Waals surface area (Å²) in [4.78, 5) is 17.9. The maximum Gasteiger partial charge on any atom is 0.296 e. The summed E-state index contributed by atoms with van der Waals surface area (Å²) < 4.78 is 40.9. The van der Waals surface area contributed by atoms with E-state index < -0.39 is 61.0 Å². The number of nitrogens with zero attached hydrogens (tertiary/aromatic N) is 2. The van der Waals surface area contributed by atoms with Crippen molar-refractivity contribution in [1.29, 1.82) is 0 Å². The molecule has 0 heterocycles. The molecule has 0 saturated carbocycles. The van der Waals surface area contributed by atoms with Crippen molar-refractivity contribution < 1.29 is 25.9 Å². The van der Waals surface area contributed by atoms with Gasteiger partial charge < -0.3 is 0 Å². The van der Waals surface area contributed by atoms with Crippen LogP contribution in [0.25, 0.3) is 0 Å². The average Bonchev–Trinajstić information content (AvgIpc) is 2.25. The summed E-state index contributed by atoms with van der Waals surface area (Å²) in [5.41, 5.74) is -1.87. The summed E-state index contributed by atoms with van der Waals surface area (Å²) in [5, 5.41) is 21.1. The van der Waals surface area contributed by atoms with E-state index in [0.29, 0.717) is 12.1 Å². The van der Waals surface area contributed by atoms with Crippen molar-refractivity contribution in [3.63, 3.8) is 0 Å². The molecule has 1 aromatic rings. The molecule has 0 atom stereocenters. The Labute approximate surface area is 109 Å². The normalized spacial score (nSPS) is 11.2. The molecule has 0 aliphatic rings. The van der Waals surface area contributed by atoms with Crippen LogP contribution in [0.4, 0.5) is 11.4 Å². The van der Waals surface area contributed by atoms with Crippen LogP contribution in [0, 0.1) is 23.8 Å². The van der Waals surface area contributed by atoms with Gasteiger partial charge in [-0.25, -0.2) is 0 Å². The lowest BCUT2D eigenvalue weighted by atomic mass is 10.3. The van der Waals surface area contributed by atoms with Gasteiger partial charge in [-0.05, 0) is 0 Å². The Morgan fingerprint density at radius 1 is 1.17 bits per heavy atom. The van der Waals surface area contributed by atoms with Gasteiger partial charge in [-0.1, -0.05) is 0 Å². The Bertz CT molecular complexity index is 654. The minimum atomic E-state index is -4.94. The van der Waals surface area contributed by atoms with Crippen molar-refractivity contribution in [1.82, 2.24) is 0 Å². The number of non-ortho nitro benzene ring substituents is 1. The molecule has 0 amide bonds. The van der Waals surface area contributed by atoms with E-state index in [4.69, 9.17) is 4.55 Å². The molecule has 0 spiro atoms. The average molecular weight is 390 g/mol. The zero-order chi connectivity index (χ0) is 14.1. The Morgan fingerprint density at radius 2 is 1.72 bits per heavy atom. The maximum atomic E-state index is 11.0. The topological polar surface area (TPSA) is 158 Å². The molecule has 0 aliphatic carbocycles. The van der Waals surface area contributed by atoms with Gasteiger partial charge in [0.25, 0.3) is 21.5 Å². The highest BCUT2D eigenvalue weighted by atomic mass is 127. The van der Waals surface area contributed by atoms with Gasteiger partial charge in [0.15, 0.2) is 21.2 Å². The lowest BCUT2D eigenvalue weighted by molar-refractivity contribution is -0.395. The summed E-state index contributed by atoms with van der Waals surface area (Å²) in [7, 11) is -4.94. The second kappa shape index (κ2) is 4.99. The van der Waals surface area contributed by atoms with Crippen LogP contribution in [0.15, 0.2) is 17.0 Å². The predicted molar refractivity (Wildman–Crippen MR) is 63.0 cm³/mol. The minimum Gasteiger partial charge on any atom is -0.282 e. The van der Waals surface area contributed by atoms with Gasteiger partial charge in [0, 0.05) is 6.07 Å². The Hall–Kier alpha value is -1.54. The molecular formula is C6H3IN2O8S. The van der Waals surface area contributed by atoms with Gasteiger partial charge in [0.1, 0.15) is 8.47 Å². The van der Waals surface area contributed by atoms with E-state index in [1.807, 2.05) is 0 Å². The monoisotopic (exact) mass is 390 g/mol. The molecule has 0 radical (unpaired) electrons. The van der Waals surface area contributed by atoms with E-state index in [1.165, 1.54) is 0 Å². The first-order chi connectivity index (χ1) is 8.18. The first kappa shape index (κ1) is 14.5. The van der Waals surface area contributed by atoms with Gasteiger partial charge in [-0.15, -0.1) is 0 Å². The summed E-state index contributed by atoms with van der Waals surface area (Å²) in [6.07, 6.45) is 0. The lowest BCUT2D eigenvalue weighted by Crippen LogP contribution is -2.05. The third-order valence-corrected chi connectivity index (χ3v) is 4.59. The summed E-state index contributed by atoms with van der Waals surface area (Å²) in [6, 6.07) is 0.914. The van der Waals surface area contributed by atoms with Crippen LogP contribution in [0.5, 0.6) is 0 Å². The smallest absolute Gasteiger partial charge is 0.282 e. The SMILES string of the molecule is O=Ic1c([N+](=O)[O-])cc([N+](=O)[O-])cc1S(=O)(=O)O. The summed E-state index contributed by atoms with van der Waals surface area (Å²) in [5.74, 6) is 0. The summed E-state index contributed by atoms with van der Waals surface area (Å²) in [6.45, 7) is 0. The molecule has 12 heteroatoms. The minimum absolute atomic E-state index is 0.426. The van der Waals surface area contributed by atoms with Gasteiger partial charge in [0.2, 0.25) is 0 Å². The van der Waals surface area contributed by atoms with Crippen molar-refractivity contribution >= 4 is 42.7 Å². The van der Waals surface area contributed by atoms with E-state index in [0.717, 1.165) is 0 Å². The van der Waals surface area contributed by atoms with Crippen LogP contribution < -0.4 is 0 Å². The van der Waals surface area contributed by atoms with Crippen molar-refractivity contribution in [2.75, 3.05) is 0 Å². The lowest BCUT2D eigenvalue weighted by Gasteiger charge is -2.01. The number of hydrogen-bond acceptors (Lipinski definition) is 7. The van der Waals surface area contributed by atoms with Crippen molar-refractivity contribution in [2.45, 2.75) is 4.90 Å². The van der Waals surface area contributed by atoms with Crippen LogP contribution in [0.2, 0.25) is 0 Å². The fraction of sp³-hybridized carbons (Fsp3) is 0. The third kappa shape index (κ3) is 2.82. The number of halogens is 1. The highest BCUT2D eigenvalue weighted by Gasteiger charge is 2.30. The van der Waals surface area contributed by atoms with E-state index in [2.05, 4.69) is 0 Å². The van der Waals surface area contributed by atoms with E-state index in [9.17, 15) is 31.7 Å². The van der Waals surface area contributed by atoms with Gasteiger partial charge in [-0.2, -0.15) is 8.42 Å². The Morgan fingerprint density at radius 3 is 2.06 bits per heavy atom. The molecule has 10 nitrogen and oxygen atoms in total. The second-order valence-corrected chi connectivity index (χ2v) is 5.75. The van der Waals surface area contributed by atoms with E-state index in [1.54, 1.807) is 0 Å². The molecule has 0 saturated heterocycles. The fourth-order valence-electron chi connectivity index (χ4n) is 1.07. The molecule has 0 aliphatic heterocycles. The van der Waals surface area contributed by atoms with Gasteiger partial charge in [-0.3, -0.25) is 27.9 Å². The number of rotatable bonds is 4. The highest BCUT2D eigenvalue weighted by Crippen LogP contribution is 2.34. The second-order valence-electron chi connectivity index (χ2n) is 2.84. The quantitative estimate of drug-likeness (QED) is 0.348. The summed E-state index contributed by atoms with van der Waals surface area (Å²) >= 11 is -2.32. The van der Waals surface area contributed by atoms with E-state index in [-0.39, 0.29) is 0 Å². The number of benzene rings is 1. The third-order valence-electron chi connectivity index (χ3n) is 1.77. The predicted octanol–water partition coefficient (Wildman–Crippen LogP) is 1.24. The molecular weight excluding hydrogens is 387 g/mol. The van der Waals surface area contributed by atoms with Crippen LogP contribution in [-0.4, -0.2) is 22.8 Å². The molecule has 0 aromatic heterocycles. The maximum absolute atomic E-state index is 11.0. The zero-order valence-corrected chi connectivity index (χ0v) is 11.1. The molecule has 1 rings (SSSR count). The van der Waals surface area contributed by atoms with Crippen molar-refractivity contribution in [3.8, 4) is 0 Å². The van der Waals surface area contributed by atoms with Crippen LogP contribution in [-0.2, 0) is 13.2 Å².